The highest BCUT2D eigenvalue weighted by Crippen LogP contribution is 2.29. The summed E-state index contributed by atoms with van der Waals surface area (Å²) in [5.74, 6) is 0.783. The number of unbranched alkanes of at least 4 members (excludes halogenated alkanes) is 1. The van der Waals surface area contributed by atoms with Crippen LogP contribution in [-0.4, -0.2) is 9.55 Å². The van der Waals surface area contributed by atoms with Crippen LogP contribution in [0.4, 0.5) is 0 Å². The maximum absolute atomic E-state index is 3.62. The Morgan fingerprint density at radius 2 is 1.68 bits per heavy atom. The van der Waals surface area contributed by atoms with Crippen LogP contribution >= 0.6 is 0 Å². The summed E-state index contributed by atoms with van der Waals surface area (Å²) >= 11 is 0. The normalized spacial score (nSPS) is 12.5. The molecule has 4 rings (SSSR count). The van der Waals surface area contributed by atoms with E-state index in [1.165, 1.54) is 83.2 Å². The average Bonchev–Trinajstić information content (AvgIpc) is 3.37. The molecule has 2 aromatic heterocycles. The summed E-state index contributed by atoms with van der Waals surface area (Å²) in [6.45, 7) is 8.93. The molecule has 0 aliphatic carbocycles. The lowest BCUT2D eigenvalue weighted by atomic mass is 9.92. The molecule has 31 heavy (non-hydrogen) atoms. The fourth-order valence-corrected chi connectivity index (χ4v) is 4.94. The lowest BCUT2D eigenvalue weighted by molar-refractivity contribution is 0.421. The molecule has 2 heterocycles. The van der Waals surface area contributed by atoms with E-state index in [9.17, 15) is 0 Å². The summed E-state index contributed by atoms with van der Waals surface area (Å²) in [6.07, 6.45) is 9.94. The molecule has 2 aromatic carbocycles. The van der Waals surface area contributed by atoms with Crippen LogP contribution in [-0.2, 0) is 6.42 Å². The van der Waals surface area contributed by atoms with Gasteiger partial charge in [-0.3, -0.25) is 0 Å². The summed E-state index contributed by atoms with van der Waals surface area (Å²) in [6, 6.07) is 20.3. The van der Waals surface area contributed by atoms with E-state index in [0.717, 1.165) is 5.92 Å². The zero-order chi connectivity index (χ0) is 21.8. The molecule has 0 aliphatic rings. The fraction of sp³-hybridized carbons (Fsp3) is 0.379. The molecule has 0 fully saturated rings. The van der Waals surface area contributed by atoms with E-state index in [0.29, 0.717) is 0 Å². The Kier molecular flexibility index (Phi) is 6.65. The van der Waals surface area contributed by atoms with Crippen molar-refractivity contribution in [1.29, 1.82) is 0 Å². The molecular weight excluding hydrogens is 376 g/mol. The van der Waals surface area contributed by atoms with Crippen LogP contribution < -0.4 is 0 Å². The van der Waals surface area contributed by atoms with Gasteiger partial charge in [-0.1, -0.05) is 63.1 Å². The molecule has 0 saturated carbocycles. The third kappa shape index (κ3) is 4.95. The predicted molar refractivity (Wildman–Crippen MR) is 134 cm³/mol. The van der Waals surface area contributed by atoms with Crippen LogP contribution in [0.2, 0.25) is 0 Å². The first-order valence-corrected chi connectivity index (χ1v) is 12.0. The summed E-state index contributed by atoms with van der Waals surface area (Å²) in [4.78, 5) is 3.62. The van der Waals surface area contributed by atoms with Crippen molar-refractivity contribution in [1.82, 2.24) is 9.55 Å². The molecule has 0 bridgehead atoms. The number of aryl methyl sites for hydroxylation is 2. The molecule has 0 saturated heterocycles. The summed E-state index contributed by atoms with van der Waals surface area (Å²) in [5, 5.41) is 1.27. The van der Waals surface area contributed by atoms with Crippen LogP contribution in [0.25, 0.3) is 27.8 Å². The molecule has 0 radical (unpaired) electrons. The van der Waals surface area contributed by atoms with E-state index in [-0.39, 0.29) is 0 Å². The number of aromatic nitrogens is 2. The number of nitrogens with zero attached hydrogens (tertiary/aromatic N) is 1. The second-order valence-corrected chi connectivity index (χ2v) is 9.20. The monoisotopic (exact) mass is 412 g/mol. The molecule has 0 spiro atoms. The zero-order valence-electron chi connectivity index (χ0n) is 19.5. The van der Waals surface area contributed by atoms with Gasteiger partial charge in [-0.2, -0.15) is 0 Å². The van der Waals surface area contributed by atoms with Gasteiger partial charge in [0.1, 0.15) is 0 Å². The largest absolute Gasteiger partial charge is 0.355 e. The number of aromatic amines is 1. The minimum Gasteiger partial charge on any atom is -0.355 e. The second kappa shape index (κ2) is 9.60. The molecule has 4 aromatic rings. The van der Waals surface area contributed by atoms with E-state index in [1.54, 1.807) is 0 Å². The van der Waals surface area contributed by atoms with Crippen molar-refractivity contribution < 1.29 is 0 Å². The number of hydrogen-bond donors (Lipinski definition) is 1. The average molecular weight is 413 g/mol. The van der Waals surface area contributed by atoms with Crippen molar-refractivity contribution in [2.75, 3.05) is 0 Å². The van der Waals surface area contributed by atoms with Gasteiger partial charge in [0.2, 0.25) is 0 Å². The van der Waals surface area contributed by atoms with Gasteiger partial charge in [0.15, 0.2) is 0 Å². The van der Waals surface area contributed by atoms with Gasteiger partial charge >= 0.3 is 0 Å². The van der Waals surface area contributed by atoms with E-state index in [4.69, 9.17) is 0 Å². The number of rotatable bonds is 9. The summed E-state index contributed by atoms with van der Waals surface area (Å²) in [7, 11) is 0. The molecule has 162 valence electrons. The molecule has 0 aliphatic heterocycles. The van der Waals surface area contributed by atoms with Crippen LogP contribution in [0.5, 0.6) is 0 Å². The molecule has 1 atom stereocenters. The van der Waals surface area contributed by atoms with E-state index < -0.39 is 0 Å². The predicted octanol–water partition coefficient (Wildman–Crippen LogP) is 8.39. The van der Waals surface area contributed by atoms with Crippen LogP contribution in [0.1, 0.15) is 62.8 Å². The maximum atomic E-state index is 3.62. The Morgan fingerprint density at radius 1 is 0.871 bits per heavy atom. The summed E-state index contributed by atoms with van der Waals surface area (Å²) in [5.41, 5.74) is 8.93. The number of hydrogen-bond acceptors (Lipinski definition) is 0. The van der Waals surface area contributed by atoms with E-state index in [2.05, 4.69) is 98.0 Å². The quantitative estimate of drug-likeness (QED) is 0.285. The molecular formula is C29H36N2. The van der Waals surface area contributed by atoms with Crippen molar-refractivity contribution in [3.63, 3.8) is 0 Å². The van der Waals surface area contributed by atoms with E-state index in [1.807, 2.05) is 0 Å². The lowest BCUT2D eigenvalue weighted by Crippen LogP contribution is -2.08. The number of H-pyrrole nitrogens is 1. The zero-order valence-corrected chi connectivity index (χ0v) is 19.5. The highest BCUT2D eigenvalue weighted by atomic mass is 15.0. The Labute approximate surface area is 187 Å². The molecule has 1 N–H and O–H groups in total. The van der Waals surface area contributed by atoms with Crippen molar-refractivity contribution >= 4 is 10.9 Å². The topological polar surface area (TPSA) is 20.7 Å². The van der Waals surface area contributed by atoms with Crippen LogP contribution in [0.3, 0.4) is 0 Å². The van der Waals surface area contributed by atoms with Crippen molar-refractivity contribution in [3.8, 4) is 16.9 Å². The van der Waals surface area contributed by atoms with Crippen molar-refractivity contribution in [2.24, 2.45) is 5.92 Å². The molecule has 0 amide bonds. The van der Waals surface area contributed by atoms with Crippen LogP contribution in [0.15, 0.2) is 60.8 Å². The van der Waals surface area contributed by atoms with Gasteiger partial charge in [0, 0.05) is 34.2 Å². The Balaban J connectivity index is 1.63. The van der Waals surface area contributed by atoms with Gasteiger partial charge in [-0.15, -0.1) is 0 Å². The SMILES string of the molecule is CCCCC(CCC)Cc1cccn1-c1ccc2[nH]c(-c3cc(C)cc(C)c3)cc2c1. The summed E-state index contributed by atoms with van der Waals surface area (Å²) < 4.78 is 2.39. The Morgan fingerprint density at radius 3 is 2.42 bits per heavy atom. The Bertz CT molecular complexity index is 1120. The van der Waals surface area contributed by atoms with Gasteiger partial charge in [-0.05, 0) is 80.3 Å². The third-order valence-corrected chi connectivity index (χ3v) is 6.41. The van der Waals surface area contributed by atoms with Gasteiger partial charge in [-0.25, -0.2) is 0 Å². The third-order valence-electron chi connectivity index (χ3n) is 6.41. The van der Waals surface area contributed by atoms with E-state index >= 15 is 0 Å². The van der Waals surface area contributed by atoms with Gasteiger partial charge in [0.25, 0.3) is 0 Å². The smallest absolute Gasteiger partial charge is 0.0464 e. The first kappa shape index (κ1) is 21.5. The second-order valence-electron chi connectivity index (χ2n) is 9.20. The standard InChI is InChI=1S/C29H36N2/c1-5-7-10-23(9-6-2)18-26-11-8-14-31(26)27-12-13-28-25(19-27)20-29(30-28)24-16-21(3)15-22(4)17-24/h8,11-17,19-20,23,30H,5-7,9-10,18H2,1-4H3. The minimum absolute atomic E-state index is 0.783. The van der Waals surface area contributed by atoms with Crippen molar-refractivity contribution in [2.45, 2.75) is 66.2 Å². The minimum atomic E-state index is 0.783. The molecule has 2 nitrogen and oxygen atoms in total. The first-order valence-electron chi connectivity index (χ1n) is 12.0. The molecule has 1 unspecified atom stereocenters. The highest BCUT2D eigenvalue weighted by molar-refractivity contribution is 5.87. The maximum Gasteiger partial charge on any atom is 0.0464 e. The first-order chi connectivity index (χ1) is 15.1. The Hall–Kier alpha value is -2.74. The number of nitrogens with one attached hydrogen (secondary N) is 1. The number of fused-ring (bicyclic) bond motifs is 1. The van der Waals surface area contributed by atoms with Gasteiger partial charge in [0.05, 0.1) is 0 Å². The number of benzene rings is 2. The fourth-order valence-electron chi connectivity index (χ4n) is 4.94. The lowest BCUT2D eigenvalue weighted by Gasteiger charge is -2.18. The van der Waals surface area contributed by atoms with Crippen molar-refractivity contribution in [3.05, 3.63) is 77.6 Å². The van der Waals surface area contributed by atoms with Crippen LogP contribution in [0, 0.1) is 19.8 Å². The molecule has 2 heteroatoms. The van der Waals surface area contributed by atoms with Gasteiger partial charge < -0.3 is 9.55 Å². The highest BCUT2D eigenvalue weighted by Gasteiger charge is 2.13.